The molecule has 7 heteroatoms. The number of amides is 2. The summed E-state index contributed by atoms with van der Waals surface area (Å²) >= 11 is 0. The lowest BCUT2D eigenvalue weighted by atomic mass is 9.98. The third-order valence-corrected chi connectivity index (χ3v) is 6.77. The van der Waals surface area contributed by atoms with E-state index in [0.29, 0.717) is 29.9 Å². The van der Waals surface area contributed by atoms with Gasteiger partial charge in [0.2, 0.25) is 5.91 Å². The minimum Gasteiger partial charge on any atom is -0.338 e. The summed E-state index contributed by atoms with van der Waals surface area (Å²) in [7, 11) is 0. The van der Waals surface area contributed by atoms with Gasteiger partial charge in [0.1, 0.15) is 11.5 Å². The zero-order chi connectivity index (χ0) is 22.4. The normalized spacial score (nSPS) is 21.3. The number of anilines is 1. The van der Waals surface area contributed by atoms with Gasteiger partial charge >= 0.3 is 0 Å². The second-order valence-electron chi connectivity index (χ2n) is 8.90. The predicted molar refractivity (Wildman–Crippen MR) is 125 cm³/mol. The third kappa shape index (κ3) is 3.65. The summed E-state index contributed by atoms with van der Waals surface area (Å²) < 4.78 is 1.79. The summed E-state index contributed by atoms with van der Waals surface area (Å²) in [5.74, 6) is 1.28. The number of fused-ring (bicyclic) bond motifs is 3. The number of allylic oxidation sites excluding steroid dienone is 1. The van der Waals surface area contributed by atoms with E-state index < -0.39 is 0 Å². The van der Waals surface area contributed by atoms with Gasteiger partial charge in [-0.2, -0.15) is 0 Å². The monoisotopic (exact) mass is 437 g/mol. The van der Waals surface area contributed by atoms with Crippen LogP contribution in [0.1, 0.15) is 33.6 Å². The van der Waals surface area contributed by atoms with Crippen LogP contribution in [0.2, 0.25) is 0 Å². The van der Waals surface area contributed by atoms with Gasteiger partial charge in [0, 0.05) is 30.9 Å². The van der Waals surface area contributed by atoms with E-state index >= 15 is 0 Å². The molecule has 1 N–H and O–H groups in total. The van der Waals surface area contributed by atoms with Crippen LogP contribution in [0, 0.1) is 11.8 Å². The molecule has 2 atom stereocenters. The van der Waals surface area contributed by atoms with Gasteiger partial charge in [0.25, 0.3) is 5.91 Å². The topological polar surface area (TPSA) is 80.1 Å². The van der Waals surface area contributed by atoms with Crippen molar-refractivity contribution in [1.82, 2.24) is 19.4 Å². The fourth-order valence-electron chi connectivity index (χ4n) is 5.07. The Morgan fingerprint density at radius 2 is 2.03 bits per heavy atom. The molecule has 1 aliphatic carbocycles. The summed E-state index contributed by atoms with van der Waals surface area (Å²) in [4.78, 5) is 35.5. The first-order valence-corrected chi connectivity index (χ1v) is 11.2. The molecule has 7 nitrogen and oxygen atoms in total. The SMILES string of the molecule is O=C1Nc2ncc(/C=C/C(=O)N3CC4C=C(c5ccccc5)CC4C3)cc2Cn2cncc21. The van der Waals surface area contributed by atoms with Crippen LogP contribution in [0.4, 0.5) is 5.82 Å². The first-order valence-electron chi connectivity index (χ1n) is 11.2. The number of nitrogens with zero attached hydrogens (tertiary/aromatic N) is 4. The molecule has 4 heterocycles. The van der Waals surface area contributed by atoms with Crippen LogP contribution < -0.4 is 5.32 Å². The van der Waals surface area contributed by atoms with E-state index in [1.165, 1.54) is 11.1 Å². The average molecular weight is 438 g/mol. The molecule has 2 aromatic heterocycles. The molecule has 1 fully saturated rings. The summed E-state index contributed by atoms with van der Waals surface area (Å²) in [6.45, 7) is 2.05. The van der Waals surface area contributed by atoms with Gasteiger partial charge in [-0.05, 0) is 47.1 Å². The summed E-state index contributed by atoms with van der Waals surface area (Å²) in [6, 6.07) is 12.5. The molecule has 2 aliphatic heterocycles. The van der Waals surface area contributed by atoms with Gasteiger partial charge in [0.05, 0.1) is 19.1 Å². The smallest absolute Gasteiger partial charge is 0.275 e. The first-order chi connectivity index (χ1) is 16.1. The van der Waals surface area contributed by atoms with Gasteiger partial charge < -0.3 is 14.8 Å². The fourth-order valence-corrected chi connectivity index (χ4v) is 5.07. The van der Waals surface area contributed by atoms with E-state index in [1.54, 1.807) is 35.4 Å². The molecule has 1 aromatic carbocycles. The van der Waals surface area contributed by atoms with E-state index in [-0.39, 0.29) is 11.8 Å². The molecule has 164 valence electrons. The second kappa shape index (κ2) is 7.85. The zero-order valence-electron chi connectivity index (χ0n) is 18.0. The van der Waals surface area contributed by atoms with Crippen molar-refractivity contribution < 1.29 is 9.59 Å². The number of rotatable bonds is 3. The van der Waals surface area contributed by atoms with Crippen LogP contribution in [-0.2, 0) is 11.3 Å². The average Bonchev–Trinajstić information content (AvgIpc) is 3.53. The maximum Gasteiger partial charge on any atom is 0.275 e. The van der Waals surface area contributed by atoms with E-state index in [2.05, 4.69) is 45.6 Å². The van der Waals surface area contributed by atoms with Crippen molar-refractivity contribution in [1.29, 1.82) is 0 Å². The van der Waals surface area contributed by atoms with Crippen LogP contribution in [0.3, 0.4) is 0 Å². The summed E-state index contributed by atoms with van der Waals surface area (Å²) in [6.07, 6.45) is 11.7. The van der Waals surface area contributed by atoms with Gasteiger partial charge in [-0.25, -0.2) is 9.97 Å². The Morgan fingerprint density at radius 1 is 1.15 bits per heavy atom. The van der Waals surface area contributed by atoms with Crippen molar-refractivity contribution in [2.75, 3.05) is 18.4 Å². The number of hydrogen-bond acceptors (Lipinski definition) is 4. The van der Waals surface area contributed by atoms with Crippen molar-refractivity contribution in [2.45, 2.75) is 13.0 Å². The minimum absolute atomic E-state index is 0.0270. The molecule has 0 spiro atoms. The van der Waals surface area contributed by atoms with E-state index in [1.807, 2.05) is 17.0 Å². The third-order valence-electron chi connectivity index (χ3n) is 6.77. The highest BCUT2D eigenvalue weighted by molar-refractivity contribution is 6.03. The van der Waals surface area contributed by atoms with Crippen LogP contribution in [0.5, 0.6) is 0 Å². The Bertz CT molecular complexity index is 1310. The molecular formula is C26H23N5O2. The Kier molecular flexibility index (Phi) is 4.68. The Labute approximate surface area is 191 Å². The Balaban J connectivity index is 1.14. The van der Waals surface area contributed by atoms with Gasteiger partial charge in [0.15, 0.2) is 0 Å². The number of hydrogen-bond donors (Lipinski definition) is 1. The lowest BCUT2D eigenvalue weighted by Gasteiger charge is -2.15. The molecule has 0 saturated carbocycles. The van der Waals surface area contributed by atoms with Gasteiger partial charge in [-0.3, -0.25) is 9.59 Å². The van der Waals surface area contributed by atoms with E-state index in [9.17, 15) is 9.59 Å². The van der Waals surface area contributed by atoms with Crippen molar-refractivity contribution in [2.24, 2.45) is 11.8 Å². The highest BCUT2D eigenvalue weighted by Gasteiger charge is 2.37. The quantitative estimate of drug-likeness (QED) is 0.637. The molecule has 3 aromatic rings. The number of carbonyl (C=O) groups is 2. The van der Waals surface area contributed by atoms with Crippen molar-refractivity contribution in [3.8, 4) is 0 Å². The maximum absolute atomic E-state index is 12.8. The van der Waals surface area contributed by atoms with Gasteiger partial charge in [-0.15, -0.1) is 0 Å². The standard InChI is InChI=1S/C26H23N5O2/c32-24(30-13-20-9-19(10-21(20)14-30)18-4-2-1-3-5-18)7-6-17-8-22-15-31-16-27-12-23(31)26(33)29-25(22)28-11-17/h1-9,11-12,16,20-21H,10,13-15H2,(H,28,29,33)/b7-6+. The molecule has 33 heavy (non-hydrogen) atoms. The van der Waals surface area contributed by atoms with Crippen LogP contribution in [0.15, 0.2) is 67.3 Å². The fraction of sp³-hybridized carbons (Fsp3) is 0.231. The van der Waals surface area contributed by atoms with Crippen molar-refractivity contribution in [3.05, 3.63) is 89.7 Å². The minimum atomic E-state index is -0.221. The first kappa shape index (κ1) is 19.7. The summed E-state index contributed by atoms with van der Waals surface area (Å²) in [5, 5.41) is 2.82. The van der Waals surface area contributed by atoms with Crippen LogP contribution in [-0.4, -0.2) is 44.3 Å². The van der Waals surface area contributed by atoms with Crippen LogP contribution >= 0.6 is 0 Å². The van der Waals surface area contributed by atoms with Gasteiger partial charge in [-0.1, -0.05) is 36.4 Å². The molecule has 2 amide bonds. The van der Waals surface area contributed by atoms with E-state index in [0.717, 1.165) is 30.6 Å². The maximum atomic E-state index is 12.8. The molecule has 3 aliphatic rings. The number of pyridine rings is 1. The molecule has 2 unspecified atom stereocenters. The van der Waals surface area contributed by atoms with Crippen molar-refractivity contribution >= 4 is 29.3 Å². The number of nitrogens with one attached hydrogen (secondary N) is 1. The number of imidazole rings is 1. The summed E-state index contributed by atoms with van der Waals surface area (Å²) in [5.41, 5.74) is 4.90. The Morgan fingerprint density at radius 3 is 2.88 bits per heavy atom. The number of carbonyl (C=O) groups excluding carboxylic acids is 2. The largest absolute Gasteiger partial charge is 0.338 e. The Hall–Kier alpha value is -4.00. The molecule has 1 saturated heterocycles. The van der Waals surface area contributed by atoms with E-state index in [4.69, 9.17) is 0 Å². The number of likely N-dealkylation sites (tertiary alicyclic amines) is 1. The van der Waals surface area contributed by atoms with Crippen molar-refractivity contribution in [3.63, 3.8) is 0 Å². The molecule has 0 radical (unpaired) electrons. The lowest BCUT2D eigenvalue weighted by molar-refractivity contribution is -0.125. The highest BCUT2D eigenvalue weighted by atomic mass is 16.2. The molecule has 0 bridgehead atoms. The lowest BCUT2D eigenvalue weighted by Crippen LogP contribution is -2.27. The van der Waals surface area contributed by atoms with Crippen LogP contribution in [0.25, 0.3) is 11.6 Å². The highest BCUT2D eigenvalue weighted by Crippen LogP contribution is 2.41. The predicted octanol–water partition coefficient (Wildman–Crippen LogP) is 3.47. The number of benzene rings is 1. The molecular weight excluding hydrogens is 414 g/mol. The second-order valence-corrected chi connectivity index (χ2v) is 8.90. The number of aromatic nitrogens is 3. The molecule has 6 rings (SSSR count). The zero-order valence-corrected chi connectivity index (χ0v) is 18.0.